The summed E-state index contributed by atoms with van der Waals surface area (Å²) in [6, 6.07) is 20.9. The largest absolute Gasteiger partial charge is 0.507 e. The summed E-state index contributed by atoms with van der Waals surface area (Å²) in [5.74, 6) is -0.0606. The van der Waals surface area contributed by atoms with E-state index in [9.17, 15) is 18.3 Å². The number of hydrogen-bond acceptors (Lipinski definition) is 6. The molecule has 9 heteroatoms. The van der Waals surface area contributed by atoms with Crippen LogP contribution in [0.3, 0.4) is 0 Å². The van der Waals surface area contributed by atoms with Crippen LogP contribution >= 0.6 is 0 Å². The molecule has 0 unspecified atom stereocenters. The molecule has 2 N–H and O–H groups in total. The van der Waals surface area contributed by atoms with Crippen molar-refractivity contribution in [1.82, 2.24) is 5.43 Å². The predicted octanol–water partition coefficient (Wildman–Crippen LogP) is 3.53. The van der Waals surface area contributed by atoms with Gasteiger partial charge in [-0.15, -0.1) is 0 Å². The van der Waals surface area contributed by atoms with Crippen molar-refractivity contribution in [1.29, 1.82) is 0 Å². The molecule has 0 aliphatic carbocycles. The van der Waals surface area contributed by atoms with Crippen LogP contribution < -0.4 is 14.5 Å². The van der Waals surface area contributed by atoms with E-state index in [1.165, 1.54) is 18.2 Å². The highest BCUT2D eigenvalue weighted by Gasteiger charge is 2.27. The number of para-hydroxylation sites is 2. The zero-order chi connectivity index (χ0) is 23.8. The van der Waals surface area contributed by atoms with Gasteiger partial charge in [0.25, 0.3) is 15.9 Å². The molecule has 172 valence electrons. The van der Waals surface area contributed by atoms with E-state index >= 15 is 0 Å². The van der Waals surface area contributed by atoms with Gasteiger partial charge in [-0.3, -0.25) is 9.10 Å². The van der Waals surface area contributed by atoms with Gasteiger partial charge in [0.1, 0.15) is 18.0 Å². The van der Waals surface area contributed by atoms with Gasteiger partial charge in [-0.25, -0.2) is 13.8 Å². The Kier molecular flexibility index (Phi) is 7.68. The number of aromatic hydroxyl groups is 1. The number of nitrogens with zero attached hydrogens (tertiary/aromatic N) is 2. The van der Waals surface area contributed by atoms with E-state index < -0.39 is 22.5 Å². The molecule has 0 atom stereocenters. The molecule has 3 aromatic carbocycles. The second-order valence-corrected chi connectivity index (χ2v) is 8.86. The first kappa shape index (κ1) is 23.8. The number of carbonyl (C=O) groups is 1. The van der Waals surface area contributed by atoms with Crippen molar-refractivity contribution in [2.45, 2.75) is 18.7 Å². The standard InChI is InChI=1S/C24H25N3O5S/c1-3-32-20-13-15-21(16-14-20)33(30,31)27(19-9-5-4-6-10-19)17-24(29)26-25-18(2)22-11-7-8-12-23(22)28/h4-16,28H,3,17H2,1-2H3,(H,26,29)/b25-18-. The van der Waals surface area contributed by atoms with Crippen LogP contribution in [0.15, 0.2) is 88.9 Å². The van der Waals surface area contributed by atoms with Crippen molar-refractivity contribution < 1.29 is 23.1 Å². The van der Waals surface area contributed by atoms with Crippen LogP contribution in [-0.2, 0) is 14.8 Å². The summed E-state index contributed by atoms with van der Waals surface area (Å²) in [5, 5.41) is 13.9. The highest BCUT2D eigenvalue weighted by Crippen LogP contribution is 2.25. The average Bonchev–Trinajstić information content (AvgIpc) is 2.82. The molecule has 0 spiro atoms. The van der Waals surface area contributed by atoms with Crippen molar-refractivity contribution in [3.8, 4) is 11.5 Å². The third kappa shape index (κ3) is 5.89. The van der Waals surface area contributed by atoms with Gasteiger partial charge in [0.15, 0.2) is 0 Å². The second kappa shape index (κ2) is 10.6. The number of hydrazone groups is 1. The van der Waals surface area contributed by atoms with Crippen LogP contribution in [0.25, 0.3) is 0 Å². The highest BCUT2D eigenvalue weighted by molar-refractivity contribution is 7.92. The average molecular weight is 468 g/mol. The van der Waals surface area contributed by atoms with E-state index in [1.807, 2.05) is 6.92 Å². The van der Waals surface area contributed by atoms with Gasteiger partial charge in [-0.1, -0.05) is 30.3 Å². The minimum absolute atomic E-state index is 0.0245. The lowest BCUT2D eigenvalue weighted by Gasteiger charge is -2.23. The Hall–Kier alpha value is -3.85. The molecule has 0 saturated carbocycles. The summed E-state index contributed by atoms with van der Waals surface area (Å²) < 4.78 is 33.1. The summed E-state index contributed by atoms with van der Waals surface area (Å²) in [6.45, 7) is 3.44. The first-order chi connectivity index (χ1) is 15.8. The SMILES string of the molecule is CCOc1ccc(S(=O)(=O)N(CC(=O)N/N=C(/C)c2ccccc2O)c2ccccc2)cc1. The van der Waals surface area contributed by atoms with Crippen molar-refractivity contribution in [2.24, 2.45) is 5.10 Å². The summed E-state index contributed by atoms with van der Waals surface area (Å²) in [4.78, 5) is 12.7. The maximum atomic E-state index is 13.4. The second-order valence-electron chi connectivity index (χ2n) is 7.00. The third-order valence-corrected chi connectivity index (χ3v) is 6.48. The van der Waals surface area contributed by atoms with E-state index in [0.717, 1.165) is 4.31 Å². The van der Waals surface area contributed by atoms with Gasteiger partial charge in [0, 0.05) is 5.56 Å². The Morgan fingerprint density at radius 3 is 2.27 bits per heavy atom. The number of nitrogens with one attached hydrogen (secondary N) is 1. The zero-order valence-electron chi connectivity index (χ0n) is 18.3. The van der Waals surface area contributed by atoms with Crippen molar-refractivity contribution >= 4 is 27.3 Å². The lowest BCUT2D eigenvalue weighted by molar-refractivity contribution is -0.119. The number of carbonyl (C=O) groups excluding carboxylic acids is 1. The Balaban J connectivity index is 1.85. The van der Waals surface area contributed by atoms with Crippen LogP contribution in [-0.4, -0.2) is 38.3 Å². The first-order valence-electron chi connectivity index (χ1n) is 10.2. The fourth-order valence-corrected chi connectivity index (χ4v) is 4.48. The lowest BCUT2D eigenvalue weighted by atomic mass is 10.1. The number of benzene rings is 3. The van der Waals surface area contributed by atoms with E-state index in [0.29, 0.717) is 29.3 Å². The molecule has 1 amide bonds. The number of rotatable bonds is 9. The molecule has 8 nitrogen and oxygen atoms in total. The minimum atomic E-state index is -4.05. The Labute approximate surface area is 193 Å². The predicted molar refractivity (Wildman–Crippen MR) is 127 cm³/mol. The number of phenolic OH excluding ortho intramolecular Hbond substituents is 1. The topological polar surface area (TPSA) is 108 Å². The molecule has 3 rings (SSSR count). The number of phenols is 1. The van der Waals surface area contributed by atoms with Crippen LogP contribution in [0, 0.1) is 0 Å². The maximum Gasteiger partial charge on any atom is 0.264 e. The number of anilines is 1. The fourth-order valence-electron chi connectivity index (χ4n) is 3.06. The van der Waals surface area contributed by atoms with Crippen molar-refractivity contribution in [2.75, 3.05) is 17.5 Å². The molecule has 0 fully saturated rings. The third-order valence-electron chi connectivity index (χ3n) is 4.70. The number of sulfonamides is 1. The van der Waals surface area contributed by atoms with Crippen molar-refractivity contribution in [3.05, 3.63) is 84.4 Å². The minimum Gasteiger partial charge on any atom is -0.507 e. The Bertz CT molecular complexity index is 1230. The van der Waals surface area contributed by atoms with Gasteiger partial charge in [0.05, 0.1) is 22.9 Å². The van der Waals surface area contributed by atoms with Gasteiger partial charge in [0.2, 0.25) is 0 Å². The summed E-state index contributed by atoms with van der Waals surface area (Å²) in [5.41, 5.74) is 3.54. The molecular weight excluding hydrogens is 442 g/mol. The van der Waals surface area contributed by atoms with Crippen molar-refractivity contribution in [3.63, 3.8) is 0 Å². The van der Waals surface area contributed by atoms with E-state index in [-0.39, 0.29) is 10.6 Å². The molecule has 33 heavy (non-hydrogen) atoms. The number of ether oxygens (including phenoxy) is 1. The van der Waals surface area contributed by atoms with Crippen LogP contribution in [0.2, 0.25) is 0 Å². The molecule has 3 aromatic rings. The van der Waals surface area contributed by atoms with Crippen LogP contribution in [0.5, 0.6) is 11.5 Å². The summed E-state index contributed by atoms with van der Waals surface area (Å²) in [6.07, 6.45) is 0. The van der Waals surface area contributed by atoms with E-state index in [4.69, 9.17) is 4.74 Å². The smallest absolute Gasteiger partial charge is 0.264 e. The molecule has 0 aromatic heterocycles. The monoisotopic (exact) mass is 467 g/mol. The Morgan fingerprint density at radius 2 is 1.64 bits per heavy atom. The molecule has 0 radical (unpaired) electrons. The highest BCUT2D eigenvalue weighted by atomic mass is 32.2. The Morgan fingerprint density at radius 1 is 1.00 bits per heavy atom. The molecule has 0 saturated heterocycles. The van der Waals surface area contributed by atoms with Gasteiger partial charge < -0.3 is 9.84 Å². The zero-order valence-corrected chi connectivity index (χ0v) is 19.1. The van der Waals surface area contributed by atoms with Gasteiger partial charge in [-0.05, 0) is 62.4 Å². The molecule has 0 bridgehead atoms. The van der Waals surface area contributed by atoms with E-state index in [2.05, 4.69) is 10.5 Å². The number of hydrogen-bond donors (Lipinski definition) is 2. The fraction of sp³-hybridized carbons (Fsp3) is 0.167. The van der Waals surface area contributed by atoms with Gasteiger partial charge in [-0.2, -0.15) is 5.10 Å². The van der Waals surface area contributed by atoms with Crippen LogP contribution in [0.4, 0.5) is 5.69 Å². The molecule has 0 aliphatic heterocycles. The lowest BCUT2D eigenvalue weighted by Crippen LogP contribution is -2.39. The number of amides is 1. The van der Waals surface area contributed by atoms with Crippen LogP contribution in [0.1, 0.15) is 19.4 Å². The molecule has 0 heterocycles. The van der Waals surface area contributed by atoms with Gasteiger partial charge >= 0.3 is 0 Å². The maximum absolute atomic E-state index is 13.4. The molecular formula is C24H25N3O5S. The van der Waals surface area contributed by atoms with E-state index in [1.54, 1.807) is 67.6 Å². The first-order valence-corrected chi connectivity index (χ1v) is 11.7. The molecule has 0 aliphatic rings. The summed E-state index contributed by atoms with van der Waals surface area (Å²) >= 11 is 0. The quantitative estimate of drug-likeness (QED) is 0.370. The normalized spacial score (nSPS) is 11.6. The summed E-state index contributed by atoms with van der Waals surface area (Å²) in [7, 11) is -4.05.